The average molecular weight is 176 g/mol. The van der Waals surface area contributed by atoms with Crippen LogP contribution >= 0.6 is 0 Å². The van der Waals surface area contributed by atoms with Crippen LogP contribution in [0.2, 0.25) is 0 Å². The van der Waals surface area contributed by atoms with Crippen molar-refractivity contribution in [2.24, 2.45) is 0 Å². The van der Waals surface area contributed by atoms with Crippen LogP contribution in [0, 0.1) is 11.9 Å². The largest absolute Gasteiger partial charge is 0.359 e. The highest BCUT2D eigenvalue weighted by atomic mass is 19.3. The van der Waals surface area contributed by atoms with Gasteiger partial charge in [-0.1, -0.05) is 0 Å². The maximum atomic E-state index is 12.6. The second-order valence-electron chi connectivity index (χ2n) is 2.19. The van der Waals surface area contributed by atoms with Crippen LogP contribution in [0.1, 0.15) is 5.69 Å². The van der Waals surface area contributed by atoms with Gasteiger partial charge in [0.1, 0.15) is 0 Å². The molecule has 0 saturated carbocycles. The zero-order valence-electron chi connectivity index (χ0n) is 5.89. The van der Waals surface area contributed by atoms with Crippen molar-refractivity contribution in [3.8, 4) is 0 Å². The van der Waals surface area contributed by atoms with Crippen molar-refractivity contribution in [3.63, 3.8) is 0 Å². The van der Waals surface area contributed by atoms with Crippen molar-refractivity contribution in [2.75, 3.05) is 0 Å². The lowest BCUT2D eigenvalue weighted by Crippen LogP contribution is -2.19. The number of aromatic nitrogens is 1. The molecule has 0 spiro atoms. The molecule has 0 saturated heterocycles. The molecule has 0 aromatic carbocycles. The second-order valence-corrected chi connectivity index (χ2v) is 2.19. The van der Waals surface area contributed by atoms with Crippen molar-refractivity contribution in [1.29, 1.82) is 0 Å². The van der Waals surface area contributed by atoms with E-state index < -0.39 is 24.0 Å². The summed E-state index contributed by atoms with van der Waals surface area (Å²) >= 11 is 0. The minimum absolute atomic E-state index is 0.495. The number of rotatable bonds is 2. The molecule has 1 rings (SSSR count). The number of nitrogens with zero attached hydrogens (tertiary/aromatic N) is 1. The zero-order valence-corrected chi connectivity index (χ0v) is 5.89. The first-order valence-corrected chi connectivity index (χ1v) is 3.10. The van der Waals surface area contributed by atoms with Crippen molar-refractivity contribution in [1.82, 2.24) is 4.98 Å². The monoisotopic (exact) mass is 176 g/mol. The van der Waals surface area contributed by atoms with Gasteiger partial charge in [0.2, 0.25) is 0 Å². The Morgan fingerprint density at radius 3 is 2.75 bits per heavy atom. The van der Waals surface area contributed by atoms with Crippen LogP contribution in [-0.2, 0) is 6.42 Å². The summed E-state index contributed by atoms with van der Waals surface area (Å²) in [5.74, 6) is -0.966. The lowest BCUT2D eigenvalue weighted by Gasteiger charge is -2.07. The molecule has 1 aromatic rings. The molecule has 0 aliphatic heterocycles. The summed E-state index contributed by atoms with van der Waals surface area (Å²) in [6.07, 6.45) is -3.93. The van der Waals surface area contributed by atoms with Crippen LogP contribution in [0.25, 0.3) is 0 Å². The second kappa shape index (κ2) is 3.10. The van der Waals surface area contributed by atoms with E-state index in [-0.39, 0.29) is 0 Å². The molecule has 2 nitrogen and oxygen atoms in total. The lowest BCUT2D eigenvalue weighted by atomic mass is 10.2. The van der Waals surface area contributed by atoms with Gasteiger partial charge in [0, 0.05) is 12.3 Å². The van der Waals surface area contributed by atoms with Crippen molar-refractivity contribution >= 4 is 0 Å². The van der Waals surface area contributed by atoms with Gasteiger partial charge in [0.25, 0.3) is 0 Å². The van der Waals surface area contributed by atoms with Gasteiger partial charge in [-0.2, -0.15) is 8.78 Å². The smallest absolute Gasteiger partial charge is 0.336 e. The van der Waals surface area contributed by atoms with E-state index in [9.17, 15) is 13.2 Å². The summed E-state index contributed by atoms with van der Waals surface area (Å²) < 4.78 is 36.4. The topological polar surface area (TPSA) is 33.1 Å². The predicted molar refractivity (Wildman–Crippen MR) is 33.9 cm³/mol. The number of aliphatic hydroxyl groups is 1. The third kappa shape index (κ3) is 2.50. The Hall–Kier alpha value is -1.10. The predicted octanol–water partition coefficient (Wildman–Crippen LogP) is 1.15. The van der Waals surface area contributed by atoms with E-state index >= 15 is 0 Å². The van der Waals surface area contributed by atoms with Crippen LogP contribution in [0.15, 0.2) is 12.3 Å². The molecule has 0 amide bonds. The van der Waals surface area contributed by atoms with E-state index in [0.29, 0.717) is 0 Å². The molecule has 0 atom stereocenters. The van der Waals surface area contributed by atoms with Gasteiger partial charge in [-0.3, -0.25) is 4.98 Å². The molecule has 0 aliphatic rings. The molecule has 1 aromatic heterocycles. The Morgan fingerprint density at radius 1 is 1.58 bits per heavy atom. The summed E-state index contributed by atoms with van der Waals surface area (Å²) in [5.41, 5.74) is -0.495. The molecule has 12 heavy (non-hydrogen) atoms. The van der Waals surface area contributed by atoms with E-state index in [1.807, 2.05) is 6.07 Å². The highest BCUT2D eigenvalue weighted by Gasteiger charge is 2.27. The summed E-state index contributed by atoms with van der Waals surface area (Å²) in [6, 6.07) is 3.21. The van der Waals surface area contributed by atoms with Crippen molar-refractivity contribution < 1.29 is 18.3 Å². The fourth-order valence-electron chi connectivity index (χ4n) is 0.702. The number of hydrogen-bond acceptors (Lipinski definition) is 2. The highest BCUT2D eigenvalue weighted by Crippen LogP contribution is 2.16. The Labute approximate surface area is 66.7 Å². The molecule has 5 heteroatoms. The van der Waals surface area contributed by atoms with Gasteiger partial charge in [0.15, 0.2) is 5.82 Å². The SMILES string of the molecule is OC(F)(F)Cc1ncc[c]c1F. The molecule has 1 heterocycles. The molecule has 0 aliphatic carbocycles. The van der Waals surface area contributed by atoms with Gasteiger partial charge in [-0.15, -0.1) is 0 Å². The number of pyridine rings is 1. The molecule has 1 radical (unpaired) electrons. The minimum Gasteiger partial charge on any atom is -0.336 e. The molecular formula is C7H5F3NO. The van der Waals surface area contributed by atoms with Gasteiger partial charge >= 0.3 is 6.11 Å². The summed E-state index contributed by atoms with van der Waals surface area (Å²) in [7, 11) is 0. The van der Waals surface area contributed by atoms with Gasteiger partial charge in [-0.05, 0) is 6.07 Å². The van der Waals surface area contributed by atoms with Crippen molar-refractivity contribution in [2.45, 2.75) is 12.5 Å². The number of halogens is 3. The third-order valence-corrected chi connectivity index (χ3v) is 1.15. The van der Waals surface area contributed by atoms with Gasteiger partial charge < -0.3 is 5.11 Å². The van der Waals surface area contributed by atoms with Crippen LogP contribution < -0.4 is 0 Å². The summed E-state index contributed by atoms with van der Waals surface area (Å²) in [4.78, 5) is 3.32. The third-order valence-electron chi connectivity index (χ3n) is 1.15. The van der Waals surface area contributed by atoms with Gasteiger partial charge in [-0.25, -0.2) is 4.39 Å². The first-order chi connectivity index (χ1) is 5.49. The lowest BCUT2D eigenvalue weighted by molar-refractivity contribution is -0.197. The Kier molecular flexibility index (Phi) is 2.32. The molecule has 0 bridgehead atoms. The maximum absolute atomic E-state index is 12.6. The van der Waals surface area contributed by atoms with Crippen LogP contribution in [0.3, 0.4) is 0 Å². The fraction of sp³-hybridized carbons (Fsp3) is 0.286. The van der Waals surface area contributed by atoms with E-state index in [1.165, 1.54) is 0 Å². The number of hydrogen-bond donors (Lipinski definition) is 1. The molecular weight excluding hydrogens is 171 g/mol. The molecule has 0 fully saturated rings. The molecule has 65 valence electrons. The molecule has 0 unspecified atom stereocenters. The average Bonchev–Trinajstić information content (AvgIpc) is 1.91. The van der Waals surface area contributed by atoms with E-state index in [1.54, 1.807) is 0 Å². The first-order valence-electron chi connectivity index (χ1n) is 3.10. The van der Waals surface area contributed by atoms with E-state index in [4.69, 9.17) is 5.11 Å². The first kappa shape index (κ1) is 8.99. The van der Waals surface area contributed by atoms with E-state index in [0.717, 1.165) is 12.3 Å². The zero-order chi connectivity index (χ0) is 9.19. The van der Waals surface area contributed by atoms with Gasteiger partial charge in [0.05, 0.1) is 12.1 Å². The van der Waals surface area contributed by atoms with E-state index in [2.05, 4.69) is 4.98 Å². The Balaban J connectivity index is 2.83. The van der Waals surface area contributed by atoms with Crippen molar-refractivity contribution in [3.05, 3.63) is 29.8 Å². The number of alkyl halides is 2. The molecule has 1 N–H and O–H groups in total. The maximum Gasteiger partial charge on any atom is 0.359 e. The van der Waals surface area contributed by atoms with Crippen LogP contribution in [0.5, 0.6) is 0 Å². The Bertz CT molecular complexity index is 272. The Morgan fingerprint density at radius 2 is 2.25 bits per heavy atom. The normalized spacial score (nSPS) is 11.7. The summed E-state index contributed by atoms with van der Waals surface area (Å²) in [6.45, 7) is 0. The quantitative estimate of drug-likeness (QED) is 0.733. The highest BCUT2D eigenvalue weighted by molar-refractivity contribution is 5.06. The van der Waals surface area contributed by atoms with Crippen LogP contribution in [-0.4, -0.2) is 16.2 Å². The summed E-state index contributed by atoms with van der Waals surface area (Å²) in [5, 5.41) is 8.04. The fourth-order valence-corrected chi connectivity index (χ4v) is 0.702. The minimum atomic E-state index is -3.93. The standard InChI is InChI=1S/C7H5F3NO/c8-5-2-1-3-11-6(5)4-7(9,10)12/h1,3,12H,4H2. The van der Waals surface area contributed by atoms with Crippen LogP contribution in [0.4, 0.5) is 13.2 Å².